The van der Waals surface area contributed by atoms with E-state index in [4.69, 9.17) is 4.74 Å². The van der Waals surface area contributed by atoms with Gasteiger partial charge < -0.3 is 4.74 Å². The summed E-state index contributed by atoms with van der Waals surface area (Å²) in [6.45, 7) is 8.27. The van der Waals surface area contributed by atoms with Crippen molar-refractivity contribution < 1.29 is 4.74 Å². The molecule has 19 heavy (non-hydrogen) atoms. The predicted octanol–water partition coefficient (Wildman–Crippen LogP) is 4.34. The van der Waals surface area contributed by atoms with Crippen LogP contribution in [0.1, 0.15) is 27.9 Å². The average molecular weight is 323 g/mol. The zero-order chi connectivity index (χ0) is 14.2. The number of ether oxygens (including phenoxy) is 1. The Hall–Kier alpha value is -1.29. The molecule has 2 rings (SSSR count). The minimum atomic E-state index is 0.742. The molecule has 0 aliphatic carbocycles. The largest absolute Gasteiger partial charge is 0.439 e. The summed E-state index contributed by atoms with van der Waals surface area (Å²) in [6, 6.07) is 4.24. The lowest BCUT2D eigenvalue weighted by molar-refractivity contribution is 0.424. The van der Waals surface area contributed by atoms with Gasteiger partial charge in [0.15, 0.2) is 0 Å². The monoisotopic (exact) mass is 322 g/mol. The summed E-state index contributed by atoms with van der Waals surface area (Å²) in [5.74, 6) is 1.71. The molecule has 102 valence electrons. The molecule has 1 aromatic carbocycles. The van der Waals surface area contributed by atoms with Gasteiger partial charge in [-0.2, -0.15) is 5.10 Å². The number of aryl methyl sites for hydroxylation is 4. The molecule has 3 nitrogen and oxygen atoms in total. The number of nitrogens with zero attached hydrogens (tertiary/aromatic N) is 2. The Bertz CT molecular complexity index is 617. The first-order valence-electron chi connectivity index (χ1n) is 6.28. The van der Waals surface area contributed by atoms with Crippen molar-refractivity contribution in [1.29, 1.82) is 0 Å². The second kappa shape index (κ2) is 5.37. The fourth-order valence-corrected chi connectivity index (χ4v) is 2.82. The summed E-state index contributed by atoms with van der Waals surface area (Å²) in [7, 11) is 1.91. The Morgan fingerprint density at radius 3 is 2.53 bits per heavy atom. The molecule has 4 heteroatoms. The zero-order valence-electron chi connectivity index (χ0n) is 12.0. The number of hydrogen-bond acceptors (Lipinski definition) is 2. The van der Waals surface area contributed by atoms with Gasteiger partial charge in [-0.05, 0) is 50.5 Å². The number of alkyl halides is 1. The maximum atomic E-state index is 6.11. The molecule has 0 saturated carbocycles. The highest BCUT2D eigenvalue weighted by Crippen LogP contribution is 2.32. The zero-order valence-corrected chi connectivity index (χ0v) is 13.6. The molecule has 0 spiro atoms. The van der Waals surface area contributed by atoms with Crippen molar-refractivity contribution in [3.8, 4) is 11.6 Å². The van der Waals surface area contributed by atoms with E-state index in [0.29, 0.717) is 0 Å². The van der Waals surface area contributed by atoms with E-state index in [2.05, 4.69) is 53.9 Å². The molecule has 0 unspecified atom stereocenters. The summed E-state index contributed by atoms with van der Waals surface area (Å²) in [5, 5.41) is 5.16. The molecule has 0 aliphatic rings. The standard InChI is InChI=1S/C15H19BrN2O/c1-9-6-10(2)11(3)14(7-9)19-15-13(8-16)12(4)17-18(15)5/h6-7H,8H2,1-5H3. The molecule has 0 radical (unpaired) electrons. The third kappa shape index (κ3) is 2.68. The van der Waals surface area contributed by atoms with Crippen LogP contribution in [0.4, 0.5) is 0 Å². The second-order valence-electron chi connectivity index (χ2n) is 4.93. The quantitative estimate of drug-likeness (QED) is 0.786. The number of rotatable bonds is 3. The Morgan fingerprint density at radius 2 is 1.89 bits per heavy atom. The van der Waals surface area contributed by atoms with Gasteiger partial charge in [0.1, 0.15) is 5.75 Å². The third-order valence-corrected chi connectivity index (χ3v) is 3.95. The first kappa shape index (κ1) is 14.1. The van der Waals surface area contributed by atoms with Crippen molar-refractivity contribution in [2.24, 2.45) is 7.05 Å². The molecule has 0 bridgehead atoms. The van der Waals surface area contributed by atoms with E-state index in [0.717, 1.165) is 28.2 Å². The minimum absolute atomic E-state index is 0.742. The van der Waals surface area contributed by atoms with Gasteiger partial charge in [0.2, 0.25) is 5.88 Å². The third-order valence-electron chi connectivity index (χ3n) is 3.39. The lowest BCUT2D eigenvalue weighted by Gasteiger charge is -2.13. The van der Waals surface area contributed by atoms with Gasteiger partial charge in [-0.25, -0.2) is 4.68 Å². The Balaban J connectivity index is 2.47. The predicted molar refractivity (Wildman–Crippen MR) is 81.3 cm³/mol. The van der Waals surface area contributed by atoms with Crippen molar-refractivity contribution in [3.63, 3.8) is 0 Å². The first-order chi connectivity index (χ1) is 8.93. The van der Waals surface area contributed by atoms with Crippen LogP contribution in [0.5, 0.6) is 11.6 Å². The fourth-order valence-electron chi connectivity index (χ4n) is 2.17. The number of halogens is 1. The maximum absolute atomic E-state index is 6.11. The molecule has 0 saturated heterocycles. The fraction of sp³-hybridized carbons (Fsp3) is 0.400. The SMILES string of the molecule is Cc1cc(C)c(C)c(Oc2c(CBr)c(C)nn2C)c1. The van der Waals surface area contributed by atoms with Crippen LogP contribution in [0.3, 0.4) is 0 Å². The Morgan fingerprint density at radius 1 is 1.21 bits per heavy atom. The van der Waals surface area contributed by atoms with Crippen molar-refractivity contribution in [3.05, 3.63) is 40.1 Å². The summed E-state index contributed by atoms with van der Waals surface area (Å²) in [4.78, 5) is 0. The summed E-state index contributed by atoms with van der Waals surface area (Å²) in [5.41, 5.74) is 5.72. The number of hydrogen-bond donors (Lipinski definition) is 0. The molecule has 0 fully saturated rings. The van der Waals surface area contributed by atoms with Gasteiger partial charge in [-0.1, -0.05) is 22.0 Å². The Labute approximate surface area is 122 Å². The summed E-state index contributed by atoms with van der Waals surface area (Å²) in [6.07, 6.45) is 0. The lowest BCUT2D eigenvalue weighted by Crippen LogP contribution is -1.99. The van der Waals surface area contributed by atoms with Gasteiger partial charge in [-0.15, -0.1) is 0 Å². The lowest BCUT2D eigenvalue weighted by atomic mass is 10.1. The van der Waals surface area contributed by atoms with Crippen LogP contribution in [0, 0.1) is 27.7 Å². The van der Waals surface area contributed by atoms with E-state index in [-0.39, 0.29) is 0 Å². The van der Waals surface area contributed by atoms with Gasteiger partial charge in [0.05, 0.1) is 5.69 Å². The molecule has 1 heterocycles. The minimum Gasteiger partial charge on any atom is -0.439 e. The number of aromatic nitrogens is 2. The molecule has 0 atom stereocenters. The van der Waals surface area contributed by atoms with Crippen LogP contribution in [0.15, 0.2) is 12.1 Å². The highest BCUT2D eigenvalue weighted by atomic mass is 79.9. The smallest absolute Gasteiger partial charge is 0.221 e. The van der Waals surface area contributed by atoms with E-state index in [1.807, 2.05) is 14.0 Å². The van der Waals surface area contributed by atoms with Gasteiger partial charge in [0.25, 0.3) is 0 Å². The van der Waals surface area contributed by atoms with E-state index < -0.39 is 0 Å². The molecular formula is C15H19BrN2O. The normalized spacial score (nSPS) is 10.8. The molecule has 2 aromatic rings. The van der Waals surface area contributed by atoms with Crippen LogP contribution in [0.2, 0.25) is 0 Å². The molecular weight excluding hydrogens is 304 g/mol. The van der Waals surface area contributed by atoms with Crippen LogP contribution < -0.4 is 4.74 Å². The van der Waals surface area contributed by atoms with Crippen LogP contribution in [-0.4, -0.2) is 9.78 Å². The second-order valence-corrected chi connectivity index (χ2v) is 5.49. The van der Waals surface area contributed by atoms with Crippen molar-refractivity contribution in [2.75, 3.05) is 0 Å². The van der Waals surface area contributed by atoms with Crippen LogP contribution in [0.25, 0.3) is 0 Å². The van der Waals surface area contributed by atoms with Crippen molar-refractivity contribution >= 4 is 15.9 Å². The summed E-state index contributed by atoms with van der Waals surface area (Å²) >= 11 is 3.50. The highest BCUT2D eigenvalue weighted by molar-refractivity contribution is 9.08. The van der Waals surface area contributed by atoms with Crippen molar-refractivity contribution in [2.45, 2.75) is 33.0 Å². The van der Waals surface area contributed by atoms with Crippen LogP contribution >= 0.6 is 15.9 Å². The van der Waals surface area contributed by atoms with Gasteiger partial charge >= 0.3 is 0 Å². The first-order valence-corrected chi connectivity index (χ1v) is 7.40. The molecule has 1 aromatic heterocycles. The van der Waals surface area contributed by atoms with E-state index in [9.17, 15) is 0 Å². The van der Waals surface area contributed by atoms with Crippen molar-refractivity contribution in [1.82, 2.24) is 9.78 Å². The van der Waals surface area contributed by atoms with E-state index >= 15 is 0 Å². The topological polar surface area (TPSA) is 27.1 Å². The molecule has 0 aliphatic heterocycles. The number of benzene rings is 1. The van der Waals surface area contributed by atoms with E-state index in [1.165, 1.54) is 16.7 Å². The van der Waals surface area contributed by atoms with Crippen LogP contribution in [-0.2, 0) is 12.4 Å². The summed E-state index contributed by atoms with van der Waals surface area (Å²) < 4.78 is 7.91. The van der Waals surface area contributed by atoms with Gasteiger partial charge in [-0.3, -0.25) is 0 Å². The molecule has 0 N–H and O–H groups in total. The molecule has 0 amide bonds. The van der Waals surface area contributed by atoms with Gasteiger partial charge in [0, 0.05) is 17.9 Å². The maximum Gasteiger partial charge on any atom is 0.221 e. The highest BCUT2D eigenvalue weighted by Gasteiger charge is 2.15. The Kier molecular flexibility index (Phi) is 3.99. The van der Waals surface area contributed by atoms with E-state index in [1.54, 1.807) is 4.68 Å². The average Bonchev–Trinajstić information content (AvgIpc) is 2.60.